The van der Waals surface area contributed by atoms with Crippen molar-refractivity contribution in [2.45, 2.75) is 32.1 Å². The van der Waals surface area contributed by atoms with E-state index in [1.54, 1.807) is 17.6 Å². The number of aryl methyl sites for hydroxylation is 1. The van der Waals surface area contributed by atoms with Crippen molar-refractivity contribution in [3.63, 3.8) is 0 Å². The van der Waals surface area contributed by atoms with Crippen LogP contribution in [-0.4, -0.2) is 18.7 Å². The maximum absolute atomic E-state index is 12.0. The fourth-order valence-corrected chi connectivity index (χ4v) is 4.49. The number of hydrogen-bond donors (Lipinski definition) is 1. The van der Waals surface area contributed by atoms with Gasteiger partial charge in [-0.2, -0.15) is 5.26 Å². The Balaban J connectivity index is 1.59. The number of anilines is 1. The lowest BCUT2D eigenvalue weighted by molar-refractivity contribution is -0.120. The first-order chi connectivity index (χ1) is 11.8. The number of thiophene rings is 2. The van der Waals surface area contributed by atoms with Gasteiger partial charge in [0.2, 0.25) is 0 Å². The van der Waals surface area contributed by atoms with Crippen LogP contribution >= 0.6 is 22.7 Å². The molecule has 0 radical (unpaired) electrons. The van der Waals surface area contributed by atoms with Crippen LogP contribution < -0.4 is 5.32 Å². The van der Waals surface area contributed by atoms with E-state index in [4.69, 9.17) is 4.84 Å². The average molecular weight is 359 g/mol. The molecule has 0 fully saturated rings. The molecule has 0 atom stereocenters. The summed E-state index contributed by atoms with van der Waals surface area (Å²) in [6, 6.07) is 6.08. The number of nitrogens with zero attached hydrogens (tertiary/aromatic N) is 2. The lowest BCUT2D eigenvalue weighted by Gasteiger charge is -2.03. The Bertz CT molecular complexity index is 773. The summed E-state index contributed by atoms with van der Waals surface area (Å²) in [6.07, 6.45) is 6.94. The molecule has 7 heteroatoms. The Labute approximate surface area is 148 Å². The van der Waals surface area contributed by atoms with E-state index in [1.165, 1.54) is 22.6 Å². The molecule has 24 heavy (non-hydrogen) atoms. The Hall–Kier alpha value is -2.17. The Morgan fingerprint density at radius 2 is 2.29 bits per heavy atom. The third-order valence-electron chi connectivity index (χ3n) is 3.78. The van der Waals surface area contributed by atoms with E-state index in [0.29, 0.717) is 10.6 Å². The summed E-state index contributed by atoms with van der Waals surface area (Å²) in [6.45, 7) is -0.171. The Kier molecular flexibility index (Phi) is 5.62. The SMILES string of the molecule is N#Cc1c(NC(=O)CO/N=C/c2cccs2)sc2c1CCCCC2. The minimum absolute atomic E-state index is 0.171. The van der Waals surface area contributed by atoms with E-state index in [9.17, 15) is 10.1 Å². The molecule has 0 saturated heterocycles. The largest absolute Gasteiger partial charge is 0.386 e. The molecule has 2 aromatic heterocycles. The van der Waals surface area contributed by atoms with Crippen molar-refractivity contribution >= 4 is 39.8 Å². The fourth-order valence-electron chi connectivity index (χ4n) is 2.66. The van der Waals surface area contributed by atoms with Gasteiger partial charge in [0.05, 0.1) is 11.8 Å². The number of amides is 1. The van der Waals surface area contributed by atoms with Crippen molar-refractivity contribution in [3.05, 3.63) is 38.4 Å². The molecule has 5 nitrogen and oxygen atoms in total. The van der Waals surface area contributed by atoms with Gasteiger partial charge in [-0.05, 0) is 42.7 Å². The predicted octanol–water partition coefficient (Wildman–Crippen LogP) is 3.94. The summed E-state index contributed by atoms with van der Waals surface area (Å²) in [4.78, 5) is 19.2. The summed E-state index contributed by atoms with van der Waals surface area (Å²) in [5, 5.41) is 18.6. The second kappa shape index (κ2) is 8.08. The van der Waals surface area contributed by atoms with Gasteiger partial charge in [0.25, 0.3) is 5.91 Å². The zero-order valence-corrected chi connectivity index (χ0v) is 14.7. The van der Waals surface area contributed by atoms with Crippen molar-refractivity contribution in [1.82, 2.24) is 0 Å². The van der Waals surface area contributed by atoms with E-state index in [-0.39, 0.29) is 12.5 Å². The molecule has 2 aromatic rings. The highest BCUT2D eigenvalue weighted by molar-refractivity contribution is 7.16. The molecular weight excluding hydrogens is 342 g/mol. The highest BCUT2D eigenvalue weighted by Gasteiger charge is 2.20. The number of nitriles is 1. The topological polar surface area (TPSA) is 74.5 Å². The lowest BCUT2D eigenvalue weighted by atomic mass is 10.1. The molecule has 1 aliphatic carbocycles. The number of fused-ring (bicyclic) bond motifs is 1. The van der Waals surface area contributed by atoms with Crippen LogP contribution in [-0.2, 0) is 22.5 Å². The first-order valence-corrected chi connectivity index (χ1v) is 9.51. The van der Waals surface area contributed by atoms with Gasteiger partial charge in [0.15, 0.2) is 6.61 Å². The molecule has 1 N–H and O–H groups in total. The first kappa shape index (κ1) is 16.7. The smallest absolute Gasteiger partial charge is 0.265 e. The van der Waals surface area contributed by atoms with Gasteiger partial charge in [-0.3, -0.25) is 4.79 Å². The zero-order chi connectivity index (χ0) is 16.8. The standard InChI is InChI=1S/C17H17N3O2S2/c18-9-14-13-6-2-1-3-7-15(13)24-17(14)20-16(21)11-22-19-10-12-5-4-8-23-12/h4-5,8,10H,1-3,6-7,11H2,(H,20,21)/b19-10+. The van der Waals surface area contributed by atoms with Crippen molar-refractivity contribution in [1.29, 1.82) is 5.26 Å². The minimum Gasteiger partial charge on any atom is -0.386 e. The Morgan fingerprint density at radius 3 is 3.08 bits per heavy atom. The summed E-state index contributed by atoms with van der Waals surface area (Å²) in [7, 11) is 0. The molecule has 0 aromatic carbocycles. The summed E-state index contributed by atoms with van der Waals surface area (Å²) < 4.78 is 0. The third-order valence-corrected chi connectivity index (χ3v) is 5.79. The fraction of sp³-hybridized carbons (Fsp3) is 0.353. The molecule has 0 saturated carbocycles. The van der Waals surface area contributed by atoms with Crippen LogP contribution in [0.4, 0.5) is 5.00 Å². The minimum atomic E-state index is -0.300. The van der Waals surface area contributed by atoms with E-state index in [0.717, 1.165) is 36.1 Å². The van der Waals surface area contributed by atoms with Crippen molar-refractivity contribution in [2.75, 3.05) is 11.9 Å². The summed E-state index contributed by atoms with van der Waals surface area (Å²) in [5.74, 6) is -0.300. The molecule has 1 aliphatic rings. The number of hydrogen-bond acceptors (Lipinski definition) is 6. The maximum Gasteiger partial charge on any atom is 0.265 e. The van der Waals surface area contributed by atoms with Gasteiger partial charge in [-0.1, -0.05) is 17.6 Å². The predicted molar refractivity (Wildman–Crippen MR) is 96.8 cm³/mol. The molecule has 124 valence electrons. The number of nitrogens with one attached hydrogen (secondary N) is 1. The average Bonchev–Trinajstić information content (AvgIpc) is 3.14. The first-order valence-electron chi connectivity index (χ1n) is 7.81. The van der Waals surface area contributed by atoms with Gasteiger partial charge < -0.3 is 10.2 Å². The second-order valence-corrected chi connectivity index (χ2v) is 7.54. The summed E-state index contributed by atoms with van der Waals surface area (Å²) >= 11 is 3.06. The van der Waals surface area contributed by atoms with E-state index < -0.39 is 0 Å². The van der Waals surface area contributed by atoms with Crippen molar-refractivity contribution in [2.24, 2.45) is 5.16 Å². The monoisotopic (exact) mass is 359 g/mol. The number of oxime groups is 1. The molecule has 0 bridgehead atoms. The van der Waals surface area contributed by atoms with Crippen LogP contribution in [0.25, 0.3) is 0 Å². The van der Waals surface area contributed by atoms with Crippen molar-refractivity contribution in [3.8, 4) is 6.07 Å². The van der Waals surface area contributed by atoms with Crippen LogP contribution in [0.2, 0.25) is 0 Å². The number of carbonyl (C=O) groups excluding carboxylic acids is 1. The van der Waals surface area contributed by atoms with Crippen LogP contribution in [0.15, 0.2) is 22.7 Å². The highest BCUT2D eigenvalue weighted by Crippen LogP contribution is 2.36. The number of carbonyl (C=O) groups is 1. The maximum atomic E-state index is 12.0. The molecule has 3 rings (SSSR count). The highest BCUT2D eigenvalue weighted by atomic mass is 32.1. The Morgan fingerprint density at radius 1 is 1.42 bits per heavy atom. The van der Waals surface area contributed by atoms with Crippen LogP contribution in [0.1, 0.15) is 40.1 Å². The van der Waals surface area contributed by atoms with Crippen molar-refractivity contribution < 1.29 is 9.63 Å². The van der Waals surface area contributed by atoms with E-state index >= 15 is 0 Å². The van der Waals surface area contributed by atoms with Gasteiger partial charge in [-0.25, -0.2) is 0 Å². The quantitative estimate of drug-likeness (QED) is 0.499. The zero-order valence-electron chi connectivity index (χ0n) is 13.1. The third kappa shape index (κ3) is 4.02. The lowest BCUT2D eigenvalue weighted by Crippen LogP contribution is -2.16. The van der Waals surface area contributed by atoms with Gasteiger partial charge >= 0.3 is 0 Å². The molecular formula is C17H17N3O2S2. The molecule has 0 unspecified atom stereocenters. The normalized spacial score (nSPS) is 14.0. The molecule has 0 spiro atoms. The molecule has 0 aliphatic heterocycles. The van der Waals surface area contributed by atoms with Crippen LogP contribution in [0.3, 0.4) is 0 Å². The summed E-state index contributed by atoms with van der Waals surface area (Å²) in [5.41, 5.74) is 1.74. The van der Waals surface area contributed by atoms with Gasteiger partial charge in [0, 0.05) is 9.75 Å². The van der Waals surface area contributed by atoms with Crippen LogP contribution in [0, 0.1) is 11.3 Å². The van der Waals surface area contributed by atoms with Crippen LogP contribution in [0.5, 0.6) is 0 Å². The molecule has 2 heterocycles. The van der Waals surface area contributed by atoms with Gasteiger partial charge in [0.1, 0.15) is 11.1 Å². The second-order valence-electron chi connectivity index (χ2n) is 5.45. The van der Waals surface area contributed by atoms with Gasteiger partial charge in [-0.15, -0.1) is 22.7 Å². The van der Waals surface area contributed by atoms with E-state index in [1.807, 2.05) is 17.5 Å². The van der Waals surface area contributed by atoms with E-state index in [2.05, 4.69) is 16.5 Å². The number of rotatable bonds is 5. The molecule has 1 amide bonds.